The van der Waals surface area contributed by atoms with Crippen molar-refractivity contribution >= 4 is 0 Å². The molecular formula is C27H42O5. The van der Waals surface area contributed by atoms with Crippen LogP contribution in [-0.4, -0.2) is 52.1 Å². The Morgan fingerprint density at radius 1 is 1.09 bits per heavy atom. The highest BCUT2D eigenvalue weighted by Crippen LogP contribution is 2.70. The van der Waals surface area contributed by atoms with E-state index in [4.69, 9.17) is 9.47 Å². The zero-order valence-corrected chi connectivity index (χ0v) is 20.1. The third-order valence-electron chi connectivity index (χ3n) is 11.6. The van der Waals surface area contributed by atoms with Crippen LogP contribution in [0.3, 0.4) is 0 Å². The van der Waals surface area contributed by atoms with Gasteiger partial charge in [0.05, 0.1) is 25.4 Å². The highest BCUT2D eigenvalue weighted by molar-refractivity contribution is 5.26. The first-order chi connectivity index (χ1) is 15.1. The quantitative estimate of drug-likeness (QED) is 0.534. The highest BCUT2D eigenvalue weighted by Gasteiger charge is 2.69. The Morgan fingerprint density at radius 3 is 2.62 bits per heavy atom. The summed E-state index contributed by atoms with van der Waals surface area (Å²) in [4.78, 5) is 0. The van der Waals surface area contributed by atoms with Gasteiger partial charge in [-0.2, -0.15) is 0 Å². The summed E-state index contributed by atoms with van der Waals surface area (Å²) in [6.07, 6.45) is 11.6. The summed E-state index contributed by atoms with van der Waals surface area (Å²) < 4.78 is 13.0. The second-order valence-corrected chi connectivity index (χ2v) is 12.9. The minimum absolute atomic E-state index is 0.144. The van der Waals surface area contributed by atoms with E-state index in [2.05, 4.69) is 26.8 Å². The van der Waals surface area contributed by atoms with E-state index in [0.29, 0.717) is 30.6 Å². The fourth-order valence-corrected chi connectivity index (χ4v) is 9.71. The Kier molecular flexibility index (Phi) is 4.84. The van der Waals surface area contributed by atoms with Gasteiger partial charge in [0.2, 0.25) is 0 Å². The van der Waals surface area contributed by atoms with E-state index < -0.39 is 11.4 Å². The monoisotopic (exact) mass is 446 g/mol. The molecule has 6 aliphatic rings. The normalized spacial score (nSPS) is 59.2. The van der Waals surface area contributed by atoms with E-state index in [9.17, 15) is 15.3 Å². The molecule has 2 aliphatic heterocycles. The minimum Gasteiger partial charge on any atom is -0.393 e. The average Bonchev–Trinajstić information content (AvgIpc) is 3.22. The van der Waals surface area contributed by atoms with Crippen LogP contribution in [-0.2, 0) is 9.47 Å². The van der Waals surface area contributed by atoms with E-state index in [1.807, 2.05) is 0 Å². The summed E-state index contributed by atoms with van der Waals surface area (Å²) in [6.45, 7) is 7.26. The summed E-state index contributed by atoms with van der Waals surface area (Å²) in [5.74, 6) is 2.36. The lowest BCUT2D eigenvalue weighted by Crippen LogP contribution is -2.55. The number of hydrogen-bond acceptors (Lipinski definition) is 5. The Labute approximate surface area is 192 Å². The molecule has 11 atom stereocenters. The van der Waals surface area contributed by atoms with Crippen molar-refractivity contribution in [1.82, 2.24) is 0 Å². The molecule has 0 aromatic carbocycles. The molecule has 180 valence electrons. The third-order valence-corrected chi connectivity index (χ3v) is 11.6. The van der Waals surface area contributed by atoms with E-state index >= 15 is 0 Å². The lowest BCUT2D eigenvalue weighted by atomic mass is 9.47. The van der Waals surface area contributed by atoms with E-state index in [0.717, 1.165) is 37.5 Å². The van der Waals surface area contributed by atoms with Gasteiger partial charge in [0.25, 0.3) is 0 Å². The summed E-state index contributed by atoms with van der Waals surface area (Å²) in [6, 6.07) is 0. The smallest absolute Gasteiger partial charge is 0.171 e. The molecule has 2 heterocycles. The van der Waals surface area contributed by atoms with Gasteiger partial charge in [-0.1, -0.05) is 32.4 Å². The van der Waals surface area contributed by atoms with Gasteiger partial charge in [-0.3, -0.25) is 0 Å². The van der Waals surface area contributed by atoms with Crippen LogP contribution in [0, 0.1) is 40.4 Å². The Hall–Kier alpha value is -0.460. The van der Waals surface area contributed by atoms with Crippen molar-refractivity contribution in [2.75, 3.05) is 13.2 Å². The van der Waals surface area contributed by atoms with Crippen molar-refractivity contribution in [3.05, 3.63) is 11.6 Å². The molecule has 1 spiro atoms. The molecule has 32 heavy (non-hydrogen) atoms. The van der Waals surface area contributed by atoms with Crippen molar-refractivity contribution in [2.24, 2.45) is 40.4 Å². The predicted molar refractivity (Wildman–Crippen MR) is 121 cm³/mol. The molecular weight excluding hydrogens is 404 g/mol. The lowest BCUT2D eigenvalue weighted by molar-refractivity contribution is -0.299. The fourth-order valence-electron chi connectivity index (χ4n) is 9.71. The SMILES string of the molecule is C[C@H]1[C@H]2[C@H](C[C@H]3[C@@H]4CC=C5C[C@@H](O)CC[C@]5(C)[C@H]4CC[C@]23C)O[C@]12CCC(O)(CO)CO2. The van der Waals surface area contributed by atoms with Crippen molar-refractivity contribution in [3.8, 4) is 0 Å². The first kappa shape index (κ1) is 22.0. The van der Waals surface area contributed by atoms with Gasteiger partial charge < -0.3 is 24.8 Å². The molecule has 5 nitrogen and oxygen atoms in total. The van der Waals surface area contributed by atoms with Crippen molar-refractivity contribution < 1.29 is 24.8 Å². The molecule has 0 amide bonds. The summed E-state index contributed by atoms with van der Waals surface area (Å²) in [7, 11) is 0. The zero-order chi connectivity index (χ0) is 22.5. The maximum absolute atomic E-state index is 10.5. The summed E-state index contributed by atoms with van der Waals surface area (Å²) >= 11 is 0. The minimum atomic E-state index is -1.12. The molecule has 3 N–H and O–H groups in total. The molecule has 1 unspecified atom stereocenters. The molecule has 5 heteroatoms. The van der Waals surface area contributed by atoms with Gasteiger partial charge in [0.15, 0.2) is 5.79 Å². The van der Waals surface area contributed by atoms with Crippen LogP contribution in [0.1, 0.15) is 78.6 Å². The second-order valence-electron chi connectivity index (χ2n) is 12.9. The second kappa shape index (κ2) is 7.04. The molecule has 2 saturated heterocycles. The Balaban J connectivity index is 1.25. The lowest BCUT2D eigenvalue weighted by Gasteiger charge is -2.58. The topological polar surface area (TPSA) is 79.2 Å². The molecule has 0 aromatic heterocycles. The van der Waals surface area contributed by atoms with Crippen molar-refractivity contribution in [2.45, 2.75) is 102 Å². The standard InChI is InChI=1S/C27H42O5/c1-16-23-22(32-27(16)11-10-26(30,14-28)15-31-27)13-21-19-5-4-17-12-18(29)6-8-24(17,2)20(19)7-9-25(21,23)3/h4,16,18-23,28-30H,5-15H2,1-3H3/t16-,18-,19+,20-,21-,22-,23-,24-,25-,26?,27+/m0/s1. The number of hydrogen-bond donors (Lipinski definition) is 3. The summed E-state index contributed by atoms with van der Waals surface area (Å²) in [5, 5.41) is 30.3. The molecule has 4 aliphatic carbocycles. The van der Waals surface area contributed by atoms with Crippen molar-refractivity contribution in [3.63, 3.8) is 0 Å². The molecule has 0 bridgehead atoms. The number of fused-ring (bicyclic) bond motifs is 7. The van der Waals surface area contributed by atoms with Crippen molar-refractivity contribution in [1.29, 1.82) is 0 Å². The number of aliphatic hydroxyl groups is 3. The zero-order valence-electron chi connectivity index (χ0n) is 20.1. The van der Waals surface area contributed by atoms with E-state index in [-0.39, 0.29) is 36.3 Å². The van der Waals surface area contributed by atoms with Gasteiger partial charge in [-0.25, -0.2) is 0 Å². The first-order valence-electron chi connectivity index (χ1n) is 13.2. The first-order valence-corrected chi connectivity index (χ1v) is 13.2. The summed E-state index contributed by atoms with van der Waals surface area (Å²) in [5.41, 5.74) is 0.968. The number of allylic oxidation sites excluding steroid dienone is 1. The number of ether oxygens (including phenoxy) is 2. The van der Waals surface area contributed by atoms with E-state index in [1.165, 1.54) is 24.8 Å². The highest BCUT2D eigenvalue weighted by atomic mass is 16.7. The third kappa shape index (κ3) is 2.81. The van der Waals surface area contributed by atoms with Crippen LogP contribution in [0.5, 0.6) is 0 Å². The van der Waals surface area contributed by atoms with Crippen LogP contribution in [0.2, 0.25) is 0 Å². The Bertz CT molecular complexity index is 800. The van der Waals surface area contributed by atoms with Gasteiger partial charge >= 0.3 is 0 Å². The largest absolute Gasteiger partial charge is 0.393 e. The van der Waals surface area contributed by atoms with Gasteiger partial charge in [0, 0.05) is 12.3 Å². The molecule has 0 aromatic rings. The number of rotatable bonds is 1. The van der Waals surface area contributed by atoms with Gasteiger partial charge in [-0.15, -0.1) is 0 Å². The average molecular weight is 447 g/mol. The van der Waals surface area contributed by atoms with E-state index in [1.54, 1.807) is 0 Å². The Morgan fingerprint density at radius 2 is 1.91 bits per heavy atom. The number of aliphatic hydroxyl groups excluding tert-OH is 2. The van der Waals surface area contributed by atoms with Crippen LogP contribution >= 0.6 is 0 Å². The molecule has 5 fully saturated rings. The van der Waals surface area contributed by atoms with Gasteiger partial charge in [-0.05, 0) is 85.9 Å². The van der Waals surface area contributed by atoms with Crippen LogP contribution in [0.15, 0.2) is 11.6 Å². The maximum Gasteiger partial charge on any atom is 0.171 e. The van der Waals surface area contributed by atoms with Crippen LogP contribution in [0.25, 0.3) is 0 Å². The van der Waals surface area contributed by atoms with Gasteiger partial charge in [0.1, 0.15) is 5.60 Å². The van der Waals surface area contributed by atoms with Crippen LogP contribution < -0.4 is 0 Å². The molecule has 0 radical (unpaired) electrons. The van der Waals surface area contributed by atoms with Crippen LogP contribution in [0.4, 0.5) is 0 Å². The molecule has 6 rings (SSSR count). The maximum atomic E-state index is 10.5. The fraction of sp³-hybridized carbons (Fsp3) is 0.926. The molecule has 3 saturated carbocycles. The predicted octanol–water partition coefficient (Wildman–Crippen LogP) is 3.80.